The van der Waals surface area contributed by atoms with Crippen LogP contribution in [0.1, 0.15) is 53.5 Å². The lowest BCUT2D eigenvalue weighted by atomic mass is 9.91. The highest BCUT2D eigenvalue weighted by Crippen LogP contribution is 2.28. The predicted octanol–water partition coefficient (Wildman–Crippen LogP) is 4.98. The summed E-state index contributed by atoms with van der Waals surface area (Å²) >= 11 is 0. The van der Waals surface area contributed by atoms with Crippen molar-refractivity contribution >= 4 is 11.7 Å². The van der Waals surface area contributed by atoms with Gasteiger partial charge in [0.05, 0.1) is 23.0 Å². The summed E-state index contributed by atoms with van der Waals surface area (Å²) in [6.45, 7) is 11.7. The summed E-state index contributed by atoms with van der Waals surface area (Å²) < 4.78 is 13.2. The molecule has 2 heterocycles. The Morgan fingerprint density at radius 2 is 1.94 bits per heavy atom. The van der Waals surface area contributed by atoms with Crippen molar-refractivity contribution in [1.29, 1.82) is 5.26 Å². The predicted molar refractivity (Wildman–Crippen MR) is 126 cm³/mol. The number of ether oxygens (including phenoxy) is 2. The highest BCUT2D eigenvalue weighted by molar-refractivity contribution is 5.69. The van der Waals surface area contributed by atoms with E-state index < -0.39 is 17.2 Å². The van der Waals surface area contributed by atoms with E-state index in [0.29, 0.717) is 23.7 Å². The number of nitrogens with one attached hydrogen (secondary N) is 1. The molecular weight excluding hydrogens is 418 g/mol. The maximum absolute atomic E-state index is 12.4. The van der Waals surface area contributed by atoms with E-state index in [2.05, 4.69) is 35.3 Å². The van der Waals surface area contributed by atoms with Crippen LogP contribution in [-0.4, -0.2) is 38.4 Å². The van der Waals surface area contributed by atoms with Crippen LogP contribution in [0.3, 0.4) is 0 Å². The third-order valence-corrected chi connectivity index (χ3v) is 4.89. The Hall–Kier alpha value is -3.60. The average molecular weight is 450 g/mol. The van der Waals surface area contributed by atoms with Crippen molar-refractivity contribution in [3.05, 3.63) is 48.3 Å². The lowest BCUT2D eigenvalue weighted by molar-refractivity contribution is 0.0408. The zero-order valence-electron chi connectivity index (χ0n) is 20.0. The van der Waals surface area contributed by atoms with Crippen LogP contribution in [0.2, 0.25) is 0 Å². The van der Waals surface area contributed by atoms with Crippen LogP contribution >= 0.6 is 0 Å². The standard InChI is InChI=1S/C25H31N5O3/c1-17(2)14-25(6,29-23(31)33-24(3,4)5)16-32-21-8-7-18(13-19(21)15-26)20-9-11-27-22-10-12-28-30(20)22/h7-13,17H,14,16H2,1-6H3,(H,29,31)/t25-/m0/s1. The Balaban J connectivity index is 1.81. The van der Waals surface area contributed by atoms with Gasteiger partial charge in [0, 0.05) is 17.8 Å². The molecule has 0 spiro atoms. The van der Waals surface area contributed by atoms with E-state index in [-0.39, 0.29) is 6.61 Å². The average Bonchev–Trinajstić information content (AvgIpc) is 3.19. The van der Waals surface area contributed by atoms with Gasteiger partial charge in [-0.05, 0) is 64.3 Å². The molecule has 0 saturated carbocycles. The summed E-state index contributed by atoms with van der Waals surface area (Å²) in [4.78, 5) is 16.7. The minimum atomic E-state index is -0.672. The number of nitriles is 1. The highest BCUT2D eigenvalue weighted by Gasteiger charge is 2.31. The topological polar surface area (TPSA) is 102 Å². The number of carbonyl (C=O) groups is 1. The lowest BCUT2D eigenvalue weighted by Gasteiger charge is -2.33. The lowest BCUT2D eigenvalue weighted by Crippen LogP contribution is -2.52. The first-order chi connectivity index (χ1) is 15.5. The summed E-state index contributed by atoms with van der Waals surface area (Å²) in [6, 6.07) is 11.3. The number of nitrogens with zero attached hydrogens (tertiary/aromatic N) is 4. The number of hydrogen-bond donors (Lipinski definition) is 1. The Morgan fingerprint density at radius 3 is 2.61 bits per heavy atom. The van der Waals surface area contributed by atoms with Crippen LogP contribution in [0, 0.1) is 17.2 Å². The van der Waals surface area contributed by atoms with E-state index in [1.54, 1.807) is 29.0 Å². The van der Waals surface area contributed by atoms with Gasteiger partial charge in [-0.3, -0.25) is 0 Å². The number of hydrogen-bond acceptors (Lipinski definition) is 6. The van der Waals surface area contributed by atoms with Gasteiger partial charge in [-0.2, -0.15) is 10.4 Å². The molecule has 1 atom stereocenters. The van der Waals surface area contributed by atoms with Gasteiger partial charge < -0.3 is 14.8 Å². The molecular formula is C25H31N5O3. The molecule has 3 rings (SSSR count). The summed E-state index contributed by atoms with van der Waals surface area (Å²) in [7, 11) is 0. The summed E-state index contributed by atoms with van der Waals surface area (Å²) in [6.07, 6.45) is 3.58. The second-order valence-electron chi connectivity index (χ2n) is 9.83. The molecule has 0 saturated heterocycles. The first kappa shape index (κ1) is 24.1. The molecule has 0 radical (unpaired) electrons. The molecule has 174 valence electrons. The Labute approximate surface area is 194 Å². The minimum Gasteiger partial charge on any atom is -0.490 e. The van der Waals surface area contributed by atoms with E-state index in [1.165, 1.54) is 0 Å². The zero-order valence-corrected chi connectivity index (χ0v) is 20.0. The molecule has 0 aliphatic rings. The molecule has 1 aromatic carbocycles. The molecule has 8 nitrogen and oxygen atoms in total. The molecule has 8 heteroatoms. The Kier molecular flexibility index (Phi) is 6.92. The molecule has 0 aliphatic heterocycles. The highest BCUT2D eigenvalue weighted by atomic mass is 16.6. The maximum Gasteiger partial charge on any atom is 0.408 e. The quantitative estimate of drug-likeness (QED) is 0.546. The minimum absolute atomic E-state index is 0.192. The van der Waals surface area contributed by atoms with Gasteiger partial charge in [-0.15, -0.1) is 0 Å². The third kappa shape index (κ3) is 6.22. The Morgan fingerprint density at radius 1 is 1.18 bits per heavy atom. The van der Waals surface area contributed by atoms with E-state index >= 15 is 0 Å². The van der Waals surface area contributed by atoms with Gasteiger partial charge in [-0.25, -0.2) is 14.3 Å². The summed E-state index contributed by atoms with van der Waals surface area (Å²) in [5, 5.41) is 17.0. The van der Waals surface area contributed by atoms with Crippen molar-refractivity contribution in [2.45, 2.75) is 59.1 Å². The van der Waals surface area contributed by atoms with Crippen LogP contribution in [0.25, 0.3) is 16.9 Å². The van der Waals surface area contributed by atoms with E-state index in [4.69, 9.17) is 9.47 Å². The molecule has 1 amide bonds. The number of fused-ring (bicyclic) bond motifs is 1. The Bertz CT molecular complexity index is 1170. The molecule has 1 N–H and O–H groups in total. The van der Waals surface area contributed by atoms with Gasteiger partial charge in [0.15, 0.2) is 5.65 Å². The van der Waals surface area contributed by atoms with Gasteiger partial charge in [0.1, 0.15) is 24.0 Å². The van der Waals surface area contributed by atoms with Crippen LogP contribution in [0.15, 0.2) is 42.7 Å². The first-order valence-corrected chi connectivity index (χ1v) is 11.0. The maximum atomic E-state index is 12.4. The molecule has 0 fully saturated rings. The molecule has 2 aromatic heterocycles. The van der Waals surface area contributed by atoms with Crippen molar-refractivity contribution in [2.24, 2.45) is 5.92 Å². The number of benzene rings is 1. The van der Waals surface area contributed by atoms with Crippen molar-refractivity contribution < 1.29 is 14.3 Å². The number of amides is 1. The van der Waals surface area contributed by atoms with Gasteiger partial charge >= 0.3 is 6.09 Å². The monoisotopic (exact) mass is 449 g/mol. The van der Waals surface area contributed by atoms with Crippen LogP contribution in [0.4, 0.5) is 4.79 Å². The first-order valence-electron chi connectivity index (χ1n) is 11.0. The second kappa shape index (κ2) is 9.49. The summed E-state index contributed by atoms with van der Waals surface area (Å²) in [5.41, 5.74) is 1.50. The molecule has 0 aliphatic carbocycles. The molecule has 0 bridgehead atoms. The fourth-order valence-electron chi connectivity index (χ4n) is 3.79. The van der Waals surface area contributed by atoms with Gasteiger partial charge in [-0.1, -0.05) is 13.8 Å². The normalized spacial score (nSPS) is 13.4. The number of carbonyl (C=O) groups excluding carboxylic acids is 1. The smallest absolute Gasteiger partial charge is 0.408 e. The molecule has 0 unspecified atom stereocenters. The number of aromatic nitrogens is 3. The van der Waals surface area contributed by atoms with Crippen molar-refractivity contribution in [3.63, 3.8) is 0 Å². The number of rotatable bonds is 7. The van der Waals surface area contributed by atoms with Crippen LogP contribution in [-0.2, 0) is 4.74 Å². The number of alkyl carbamates (subject to hydrolysis) is 1. The second-order valence-corrected chi connectivity index (χ2v) is 9.83. The largest absolute Gasteiger partial charge is 0.490 e. The van der Waals surface area contributed by atoms with Crippen molar-refractivity contribution in [3.8, 4) is 23.1 Å². The summed E-state index contributed by atoms with van der Waals surface area (Å²) in [5.74, 6) is 0.766. The third-order valence-electron chi connectivity index (χ3n) is 4.89. The van der Waals surface area contributed by atoms with Crippen molar-refractivity contribution in [1.82, 2.24) is 19.9 Å². The fraction of sp³-hybridized carbons (Fsp3) is 0.440. The van der Waals surface area contributed by atoms with Gasteiger partial charge in [0.2, 0.25) is 0 Å². The molecule has 3 aromatic rings. The van der Waals surface area contributed by atoms with Crippen LogP contribution < -0.4 is 10.1 Å². The SMILES string of the molecule is CC(C)C[C@@](C)(COc1ccc(-c2ccnc3ccnn23)cc1C#N)NC(=O)OC(C)(C)C. The van der Waals surface area contributed by atoms with E-state index in [1.807, 2.05) is 45.9 Å². The van der Waals surface area contributed by atoms with E-state index in [0.717, 1.165) is 16.9 Å². The van der Waals surface area contributed by atoms with Crippen molar-refractivity contribution in [2.75, 3.05) is 6.61 Å². The van der Waals surface area contributed by atoms with Crippen LogP contribution in [0.5, 0.6) is 5.75 Å². The van der Waals surface area contributed by atoms with Gasteiger partial charge in [0.25, 0.3) is 0 Å². The fourth-order valence-corrected chi connectivity index (χ4v) is 3.79. The van der Waals surface area contributed by atoms with E-state index in [9.17, 15) is 10.1 Å². The molecule has 33 heavy (non-hydrogen) atoms. The zero-order chi connectivity index (χ0) is 24.2.